The fourth-order valence-electron chi connectivity index (χ4n) is 2.74. The van der Waals surface area contributed by atoms with Crippen molar-refractivity contribution in [3.8, 4) is 5.75 Å². The van der Waals surface area contributed by atoms with E-state index in [2.05, 4.69) is 0 Å². The Balaban J connectivity index is 1.50. The van der Waals surface area contributed by atoms with Crippen molar-refractivity contribution in [3.05, 3.63) is 59.7 Å². The summed E-state index contributed by atoms with van der Waals surface area (Å²) in [7, 11) is 0. The van der Waals surface area contributed by atoms with Crippen LogP contribution in [0.25, 0.3) is 0 Å². The molecule has 0 aliphatic carbocycles. The average molecular weight is 379 g/mol. The van der Waals surface area contributed by atoms with E-state index in [1.165, 1.54) is 18.2 Å². The molecule has 1 aliphatic heterocycles. The molecule has 0 bridgehead atoms. The highest BCUT2D eigenvalue weighted by Crippen LogP contribution is 2.33. The van der Waals surface area contributed by atoms with Crippen molar-refractivity contribution in [1.82, 2.24) is 4.90 Å². The zero-order valence-corrected chi connectivity index (χ0v) is 14.8. The number of ether oxygens (including phenoxy) is 1. The van der Waals surface area contributed by atoms with Crippen LogP contribution in [0, 0.1) is 11.6 Å². The largest absolute Gasteiger partial charge is 0.484 e. The minimum Gasteiger partial charge on any atom is -0.484 e. The summed E-state index contributed by atoms with van der Waals surface area (Å²) in [5, 5.41) is 8.96. The summed E-state index contributed by atoms with van der Waals surface area (Å²) in [4.78, 5) is 13.9. The van der Waals surface area contributed by atoms with Crippen LogP contribution in [0.1, 0.15) is 12.0 Å². The van der Waals surface area contributed by atoms with Gasteiger partial charge < -0.3 is 14.7 Å². The monoisotopic (exact) mass is 379 g/mol. The second-order valence-corrected chi connectivity index (χ2v) is 7.32. The van der Waals surface area contributed by atoms with Crippen molar-refractivity contribution in [2.45, 2.75) is 23.2 Å². The maximum atomic E-state index is 13.7. The minimum atomic E-state index is -0.575. The van der Waals surface area contributed by atoms with E-state index in [1.807, 2.05) is 0 Å². The molecular weight excluding hydrogens is 360 g/mol. The molecule has 2 aromatic rings. The van der Waals surface area contributed by atoms with Crippen molar-refractivity contribution in [2.75, 3.05) is 19.7 Å². The van der Waals surface area contributed by atoms with Crippen LogP contribution in [-0.2, 0) is 11.4 Å². The van der Waals surface area contributed by atoms with Crippen LogP contribution in [-0.4, -0.2) is 40.9 Å². The first-order chi connectivity index (χ1) is 12.6. The number of rotatable bonds is 6. The third kappa shape index (κ3) is 4.53. The number of carbonyl (C=O) groups is 1. The van der Waals surface area contributed by atoms with E-state index in [9.17, 15) is 13.6 Å². The molecule has 1 heterocycles. The molecule has 1 unspecified atom stereocenters. The maximum Gasteiger partial charge on any atom is 0.260 e. The molecule has 4 nitrogen and oxygen atoms in total. The zero-order chi connectivity index (χ0) is 18.5. The zero-order valence-electron chi connectivity index (χ0n) is 14.0. The molecule has 1 atom stereocenters. The van der Waals surface area contributed by atoms with Gasteiger partial charge in [0.25, 0.3) is 5.91 Å². The molecule has 0 radical (unpaired) electrons. The minimum absolute atomic E-state index is 0.00650. The van der Waals surface area contributed by atoms with Gasteiger partial charge in [-0.3, -0.25) is 4.79 Å². The van der Waals surface area contributed by atoms with E-state index in [4.69, 9.17) is 9.84 Å². The molecule has 0 aromatic heterocycles. The summed E-state index contributed by atoms with van der Waals surface area (Å²) in [6, 6.07) is 10.7. The SMILES string of the molecule is O=C(COc1ccc(CO)cc1)N1CCC(Sc2c(F)cccc2F)C1. The summed E-state index contributed by atoms with van der Waals surface area (Å²) < 4.78 is 33.0. The summed E-state index contributed by atoms with van der Waals surface area (Å²) in [5.41, 5.74) is 0.767. The standard InChI is InChI=1S/C19H19F2NO3S/c20-16-2-1-3-17(21)19(16)26-15-8-9-22(10-15)18(24)12-25-14-6-4-13(11-23)5-7-14/h1-7,15,23H,8-12H2. The van der Waals surface area contributed by atoms with E-state index in [0.717, 1.165) is 17.3 Å². The van der Waals surface area contributed by atoms with Crippen molar-refractivity contribution < 1.29 is 23.4 Å². The van der Waals surface area contributed by atoms with Crippen LogP contribution in [0.5, 0.6) is 5.75 Å². The summed E-state index contributed by atoms with van der Waals surface area (Å²) >= 11 is 1.14. The topological polar surface area (TPSA) is 49.8 Å². The predicted molar refractivity (Wildman–Crippen MR) is 95.1 cm³/mol. The molecule has 1 aliphatic rings. The van der Waals surface area contributed by atoms with Crippen LogP contribution in [0.4, 0.5) is 8.78 Å². The lowest BCUT2D eigenvalue weighted by Crippen LogP contribution is -2.33. The number of hydrogen-bond donors (Lipinski definition) is 1. The molecule has 0 saturated carbocycles. The van der Waals surface area contributed by atoms with Crippen LogP contribution in [0.3, 0.4) is 0 Å². The van der Waals surface area contributed by atoms with Crippen molar-refractivity contribution in [1.29, 1.82) is 0 Å². The van der Waals surface area contributed by atoms with Gasteiger partial charge in [0.05, 0.1) is 11.5 Å². The van der Waals surface area contributed by atoms with Crippen molar-refractivity contribution in [2.24, 2.45) is 0 Å². The van der Waals surface area contributed by atoms with E-state index in [0.29, 0.717) is 25.3 Å². The third-order valence-corrected chi connectivity index (χ3v) is 5.51. The van der Waals surface area contributed by atoms with Crippen LogP contribution < -0.4 is 4.74 Å². The lowest BCUT2D eigenvalue weighted by molar-refractivity contribution is -0.132. The van der Waals surface area contributed by atoms with Gasteiger partial charge in [0.15, 0.2) is 6.61 Å². The van der Waals surface area contributed by atoms with Crippen LogP contribution in [0.15, 0.2) is 47.4 Å². The number of carbonyl (C=O) groups excluding carboxylic acids is 1. The van der Waals surface area contributed by atoms with E-state index < -0.39 is 11.6 Å². The average Bonchev–Trinajstić information content (AvgIpc) is 3.12. The Kier molecular flexibility index (Phi) is 6.11. The fraction of sp³-hybridized carbons (Fsp3) is 0.316. The van der Waals surface area contributed by atoms with Crippen LogP contribution in [0.2, 0.25) is 0 Å². The quantitative estimate of drug-likeness (QED) is 0.837. The van der Waals surface area contributed by atoms with Gasteiger partial charge in [0.1, 0.15) is 17.4 Å². The van der Waals surface area contributed by atoms with Crippen LogP contribution >= 0.6 is 11.8 Å². The molecule has 26 heavy (non-hydrogen) atoms. The lowest BCUT2D eigenvalue weighted by Gasteiger charge is -2.17. The smallest absolute Gasteiger partial charge is 0.260 e. The Morgan fingerprint density at radius 1 is 1.19 bits per heavy atom. The molecule has 0 spiro atoms. The summed E-state index contributed by atoms with van der Waals surface area (Å²) in [5.74, 6) is -0.758. The first-order valence-corrected chi connectivity index (χ1v) is 9.16. The number of thioether (sulfide) groups is 1. The number of benzene rings is 2. The Morgan fingerprint density at radius 3 is 2.54 bits per heavy atom. The highest BCUT2D eigenvalue weighted by atomic mass is 32.2. The number of amides is 1. The van der Waals surface area contributed by atoms with Gasteiger partial charge >= 0.3 is 0 Å². The summed E-state index contributed by atoms with van der Waals surface area (Å²) in [6.45, 7) is 0.835. The molecule has 1 N–H and O–H groups in total. The number of halogens is 2. The second kappa shape index (κ2) is 8.51. The van der Waals surface area contributed by atoms with Gasteiger partial charge in [-0.1, -0.05) is 18.2 Å². The first-order valence-electron chi connectivity index (χ1n) is 8.28. The van der Waals surface area contributed by atoms with Crippen molar-refractivity contribution in [3.63, 3.8) is 0 Å². The summed E-state index contributed by atoms with van der Waals surface area (Å²) in [6.07, 6.45) is 0.676. The molecule has 2 aromatic carbocycles. The first kappa shape index (κ1) is 18.7. The van der Waals surface area contributed by atoms with E-state index >= 15 is 0 Å². The highest BCUT2D eigenvalue weighted by Gasteiger charge is 2.28. The third-order valence-electron chi connectivity index (χ3n) is 4.17. The Bertz CT molecular complexity index is 750. The number of hydrogen-bond acceptors (Lipinski definition) is 4. The van der Waals surface area contributed by atoms with Gasteiger partial charge in [-0.05, 0) is 36.2 Å². The number of likely N-dealkylation sites (tertiary alicyclic amines) is 1. The molecule has 1 saturated heterocycles. The fourth-order valence-corrected chi connectivity index (χ4v) is 3.91. The van der Waals surface area contributed by atoms with Gasteiger partial charge in [-0.15, -0.1) is 11.8 Å². The lowest BCUT2D eigenvalue weighted by atomic mass is 10.2. The maximum absolute atomic E-state index is 13.7. The van der Waals surface area contributed by atoms with Crippen molar-refractivity contribution >= 4 is 17.7 Å². The number of nitrogens with zero attached hydrogens (tertiary/aromatic N) is 1. The second-order valence-electron chi connectivity index (χ2n) is 6.01. The Labute approximate surface area is 154 Å². The van der Waals surface area contributed by atoms with E-state index in [1.54, 1.807) is 29.2 Å². The van der Waals surface area contributed by atoms with Gasteiger partial charge in [0, 0.05) is 18.3 Å². The number of aliphatic hydroxyl groups excluding tert-OH is 1. The Morgan fingerprint density at radius 2 is 1.88 bits per heavy atom. The van der Waals surface area contributed by atoms with E-state index in [-0.39, 0.29) is 29.3 Å². The molecule has 1 amide bonds. The molecule has 1 fully saturated rings. The van der Waals surface area contributed by atoms with Gasteiger partial charge in [-0.2, -0.15) is 0 Å². The predicted octanol–water partition coefficient (Wildman–Crippen LogP) is 3.23. The Hall–Kier alpha value is -2.12. The molecular formula is C19H19F2NO3S. The molecule has 3 rings (SSSR count). The van der Waals surface area contributed by atoms with Gasteiger partial charge in [-0.25, -0.2) is 8.78 Å². The van der Waals surface area contributed by atoms with Gasteiger partial charge in [0.2, 0.25) is 0 Å². The number of aliphatic hydroxyl groups is 1. The molecule has 7 heteroatoms. The highest BCUT2D eigenvalue weighted by molar-refractivity contribution is 8.00. The normalized spacial score (nSPS) is 16.7. The molecule has 138 valence electrons.